The SMILES string of the molecule is Cc1ccc(-c2cn3nc(-c4ccc(NC(=O)CCCCCCC(=O)NOC5CCCCO5)cc4)ccc3n2)cc1NC(=O)C(C)(C)C. The molecule has 3 amide bonds. The molecule has 5 rings (SSSR count). The van der Waals surface area contributed by atoms with Gasteiger partial charge in [-0.25, -0.2) is 19.8 Å². The second-order valence-electron chi connectivity index (χ2n) is 13.4. The minimum atomic E-state index is -0.501. The van der Waals surface area contributed by atoms with E-state index >= 15 is 0 Å². The van der Waals surface area contributed by atoms with E-state index in [9.17, 15) is 14.4 Å². The van der Waals surface area contributed by atoms with Crippen LogP contribution in [0.4, 0.5) is 11.4 Å². The first-order valence-corrected chi connectivity index (χ1v) is 16.8. The van der Waals surface area contributed by atoms with Crippen LogP contribution in [-0.2, 0) is 24.0 Å². The predicted octanol–water partition coefficient (Wildman–Crippen LogP) is 7.21. The Bertz CT molecular complexity index is 1720. The molecule has 1 unspecified atom stereocenters. The summed E-state index contributed by atoms with van der Waals surface area (Å²) in [6.07, 6.45) is 8.46. The molecule has 0 saturated carbocycles. The van der Waals surface area contributed by atoms with Gasteiger partial charge in [0.25, 0.3) is 0 Å². The largest absolute Gasteiger partial charge is 0.350 e. The van der Waals surface area contributed by atoms with Gasteiger partial charge in [0.15, 0.2) is 11.9 Å². The number of benzene rings is 2. The zero-order chi connectivity index (χ0) is 34.1. The van der Waals surface area contributed by atoms with E-state index in [1.807, 2.05) is 88.5 Å². The number of nitrogens with one attached hydrogen (secondary N) is 3. The van der Waals surface area contributed by atoms with Crippen LogP contribution in [-0.4, -0.2) is 45.2 Å². The number of hydroxylamine groups is 1. The molecule has 0 spiro atoms. The lowest BCUT2D eigenvalue weighted by Crippen LogP contribution is -2.32. The Morgan fingerprint density at radius 1 is 0.875 bits per heavy atom. The fourth-order valence-electron chi connectivity index (χ4n) is 5.26. The molecule has 11 heteroatoms. The Kier molecular flexibility index (Phi) is 11.6. The number of unbranched alkanes of at least 4 members (excludes halogenated alkanes) is 3. The van der Waals surface area contributed by atoms with Gasteiger partial charge in [0.1, 0.15) is 0 Å². The summed E-state index contributed by atoms with van der Waals surface area (Å²) in [4.78, 5) is 47.1. The third-order valence-corrected chi connectivity index (χ3v) is 8.25. The molecule has 0 aliphatic carbocycles. The third-order valence-electron chi connectivity index (χ3n) is 8.25. The van der Waals surface area contributed by atoms with Crippen molar-refractivity contribution in [3.05, 3.63) is 66.4 Å². The maximum Gasteiger partial charge on any atom is 0.243 e. The summed E-state index contributed by atoms with van der Waals surface area (Å²) in [5, 5.41) is 10.8. The van der Waals surface area contributed by atoms with Crippen molar-refractivity contribution >= 4 is 34.7 Å². The first-order chi connectivity index (χ1) is 23.0. The van der Waals surface area contributed by atoms with Crippen molar-refractivity contribution in [3.8, 4) is 22.5 Å². The van der Waals surface area contributed by atoms with Crippen molar-refractivity contribution in [2.45, 2.75) is 91.8 Å². The molecule has 0 bridgehead atoms. The number of carbonyl (C=O) groups is 3. The number of nitrogens with zero attached hydrogens (tertiary/aromatic N) is 3. The normalized spacial score (nSPS) is 14.9. The minimum Gasteiger partial charge on any atom is -0.350 e. The Morgan fingerprint density at radius 3 is 2.31 bits per heavy atom. The van der Waals surface area contributed by atoms with Gasteiger partial charge >= 0.3 is 0 Å². The number of amides is 3. The van der Waals surface area contributed by atoms with Crippen LogP contribution in [0.15, 0.2) is 60.8 Å². The number of hydrogen-bond donors (Lipinski definition) is 3. The van der Waals surface area contributed by atoms with E-state index in [1.165, 1.54) is 0 Å². The molecule has 2 aromatic carbocycles. The average Bonchev–Trinajstić information content (AvgIpc) is 3.50. The monoisotopic (exact) mass is 654 g/mol. The summed E-state index contributed by atoms with van der Waals surface area (Å²) in [6, 6.07) is 17.4. The van der Waals surface area contributed by atoms with Crippen LogP contribution in [0, 0.1) is 12.3 Å². The van der Waals surface area contributed by atoms with E-state index in [0.29, 0.717) is 25.1 Å². The van der Waals surface area contributed by atoms with Gasteiger partial charge in [-0.2, -0.15) is 5.10 Å². The van der Waals surface area contributed by atoms with Gasteiger partial charge < -0.3 is 15.4 Å². The smallest absolute Gasteiger partial charge is 0.243 e. The zero-order valence-electron chi connectivity index (χ0n) is 28.3. The van der Waals surface area contributed by atoms with Gasteiger partial charge in [-0.3, -0.25) is 14.4 Å². The fraction of sp³-hybridized carbons (Fsp3) is 0.432. The molecule has 3 N–H and O–H groups in total. The first-order valence-electron chi connectivity index (χ1n) is 16.8. The molecular weight excluding hydrogens is 608 g/mol. The highest BCUT2D eigenvalue weighted by atomic mass is 16.8. The Labute approximate surface area is 281 Å². The topological polar surface area (TPSA) is 136 Å². The average molecular weight is 655 g/mol. The quantitative estimate of drug-likeness (QED) is 0.102. The lowest BCUT2D eigenvalue weighted by Gasteiger charge is -2.22. The van der Waals surface area contributed by atoms with Crippen LogP contribution in [0.25, 0.3) is 28.2 Å². The molecule has 1 fully saturated rings. The van der Waals surface area contributed by atoms with E-state index < -0.39 is 5.41 Å². The molecule has 1 aliphatic rings. The number of rotatable bonds is 13. The molecule has 3 heterocycles. The number of imidazole rings is 1. The maximum atomic E-state index is 12.6. The number of carbonyl (C=O) groups excluding carboxylic acids is 3. The second kappa shape index (κ2) is 16.0. The van der Waals surface area contributed by atoms with Crippen molar-refractivity contribution in [2.75, 3.05) is 17.2 Å². The standard InChI is InChI=1S/C37H46N6O5/c1-25-14-15-27(23-30(25)40-36(46)37(2,3)4)31-24-43-32(39-31)21-20-29(41-43)26-16-18-28(19-17-26)38-33(44)11-7-5-6-8-12-34(45)42-48-35-13-9-10-22-47-35/h14-21,23-24,35H,5-13,22H2,1-4H3,(H,38,44)(H,40,46)(H,42,45). The minimum absolute atomic E-state index is 0.0379. The highest BCUT2D eigenvalue weighted by Crippen LogP contribution is 2.28. The summed E-state index contributed by atoms with van der Waals surface area (Å²) in [6.45, 7) is 8.30. The lowest BCUT2D eigenvalue weighted by molar-refractivity contribution is -0.200. The lowest BCUT2D eigenvalue weighted by atomic mass is 9.95. The van der Waals surface area contributed by atoms with Gasteiger partial charge in [-0.1, -0.05) is 57.9 Å². The number of fused-ring (bicyclic) bond motifs is 1. The molecule has 1 atom stereocenters. The second-order valence-corrected chi connectivity index (χ2v) is 13.4. The van der Waals surface area contributed by atoms with Crippen molar-refractivity contribution in [1.29, 1.82) is 0 Å². The van der Waals surface area contributed by atoms with Crippen LogP contribution in [0.3, 0.4) is 0 Å². The van der Waals surface area contributed by atoms with E-state index in [-0.39, 0.29) is 24.0 Å². The summed E-state index contributed by atoms with van der Waals surface area (Å²) < 4.78 is 7.19. The number of aryl methyl sites for hydroxylation is 1. The molecule has 254 valence electrons. The molecule has 0 radical (unpaired) electrons. The van der Waals surface area contributed by atoms with Crippen LogP contribution in [0.2, 0.25) is 0 Å². The summed E-state index contributed by atoms with van der Waals surface area (Å²) >= 11 is 0. The van der Waals surface area contributed by atoms with Crippen molar-refractivity contribution in [1.82, 2.24) is 20.1 Å². The highest BCUT2D eigenvalue weighted by molar-refractivity contribution is 5.95. The molecule has 48 heavy (non-hydrogen) atoms. The Hall–Kier alpha value is -4.61. The Balaban J connectivity index is 1.08. The summed E-state index contributed by atoms with van der Waals surface area (Å²) in [5.74, 6) is -0.226. The third kappa shape index (κ3) is 9.71. The van der Waals surface area contributed by atoms with Crippen LogP contribution in [0.1, 0.15) is 84.1 Å². The van der Waals surface area contributed by atoms with Crippen molar-refractivity contribution in [2.24, 2.45) is 5.41 Å². The summed E-state index contributed by atoms with van der Waals surface area (Å²) in [5.41, 5.74) is 8.48. The van der Waals surface area contributed by atoms with Gasteiger partial charge in [0, 0.05) is 53.8 Å². The van der Waals surface area contributed by atoms with Gasteiger partial charge in [0.2, 0.25) is 17.7 Å². The number of anilines is 2. The van der Waals surface area contributed by atoms with E-state index in [4.69, 9.17) is 19.7 Å². The van der Waals surface area contributed by atoms with E-state index in [1.54, 1.807) is 4.52 Å². The molecule has 1 aliphatic heterocycles. The van der Waals surface area contributed by atoms with E-state index in [0.717, 1.165) is 84.4 Å². The van der Waals surface area contributed by atoms with Gasteiger partial charge in [-0.15, -0.1) is 0 Å². The number of aromatic nitrogens is 3. The predicted molar refractivity (Wildman–Crippen MR) is 186 cm³/mol. The van der Waals surface area contributed by atoms with Crippen LogP contribution < -0.4 is 16.1 Å². The molecule has 11 nitrogen and oxygen atoms in total. The molecule has 1 saturated heterocycles. The van der Waals surface area contributed by atoms with Gasteiger partial charge in [-0.05, 0) is 68.5 Å². The van der Waals surface area contributed by atoms with Crippen molar-refractivity contribution in [3.63, 3.8) is 0 Å². The maximum absolute atomic E-state index is 12.6. The van der Waals surface area contributed by atoms with Crippen molar-refractivity contribution < 1.29 is 24.0 Å². The number of hydrogen-bond acceptors (Lipinski definition) is 7. The Morgan fingerprint density at radius 2 is 1.60 bits per heavy atom. The molecular formula is C37H46N6O5. The first kappa shape index (κ1) is 34.7. The molecule has 4 aromatic rings. The van der Waals surface area contributed by atoms with Gasteiger partial charge in [0.05, 0.1) is 17.6 Å². The van der Waals surface area contributed by atoms with Crippen LogP contribution in [0.5, 0.6) is 0 Å². The fourth-order valence-corrected chi connectivity index (χ4v) is 5.26. The highest BCUT2D eigenvalue weighted by Gasteiger charge is 2.22. The number of ether oxygens (including phenoxy) is 1. The molecule has 2 aromatic heterocycles. The zero-order valence-corrected chi connectivity index (χ0v) is 28.3. The van der Waals surface area contributed by atoms with Crippen LogP contribution >= 0.6 is 0 Å². The summed E-state index contributed by atoms with van der Waals surface area (Å²) in [7, 11) is 0. The van der Waals surface area contributed by atoms with E-state index in [2.05, 4.69) is 16.1 Å².